The van der Waals surface area contributed by atoms with Crippen LogP contribution in [0.1, 0.15) is 226 Å². The quantitative estimate of drug-likeness (QED) is 0.0300. The fraction of sp³-hybridized carbons (Fsp3) is 1.00. The number of hydrogen-bond acceptors (Lipinski definition) is 4. The lowest BCUT2D eigenvalue weighted by Crippen LogP contribution is -2.19. The molecule has 0 atom stereocenters. The Labute approximate surface area is 299 Å². The fourth-order valence-electron chi connectivity index (χ4n) is 6.35. The van der Waals surface area contributed by atoms with Crippen molar-refractivity contribution in [2.75, 3.05) is 25.6 Å². The molecular formula is C41H86O3SSi. The van der Waals surface area contributed by atoms with Crippen LogP contribution in [0.25, 0.3) is 0 Å². The number of rotatable bonds is 42. The van der Waals surface area contributed by atoms with E-state index in [2.05, 4.69) is 26.5 Å². The highest BCUT2D eigenvalue weighted by molar-refractivity contribution is 7.80. The first-order valence-corrected chi connectivity index (χ1v) is 23.5. The Bertz CT molecular complexity index is 498. The summed E-state index contributed by atoms with van der Waals surface area (Å²) in [5.41, 5.74) is 0. The van der Waals surface area contributed by atoms with Gasteiger partial charge in [-0.2, -0.15) is 12.6 Å². The molecule has 0 bridgehead atoms. The summed E-state index contributed by atoms with van der Waals surface area (Å²) in [6, 6.07) is 1.30. The summed E-state index contributed by atoms with van der Waals surface area (Å²) in [6.45, 7) is 7.37. The normalized spacial score (nSPS) is 12.0. The van der Waals surface area contributed by atoms with Crippen molar-refractivity contribution in [3.63, 3.8) is 0 Å². The minimum atomic E-state index is -0.251. The van der Waals surface area contributed by atoms with E-state index in [4.69, 9.17) is 13.9 Å². The molecule has 0 aromatic carbocycles. The molecular weight excluding hydrogens is 601 g/mol. The molecule has 3 nitrogen and oxygen atoms in total. The summed E-state index contributed by atoms with van der Waals surface area (Å²) in [6.07, 6.45) is 44.9. The third-order valence-electron chi connectivity index (χ3n) is 9.53. The fourth-order valence-corrected chi connectivity index (χ4v) is 8.06. The van der Waals surface area contributed by atoms with Gasteiger partial charge in [-0.05, 0) is 50.3 Å². The van der Waals surface area contributed by atoms with E-state index in [9.17, 15) is 0 Å². The molecule has 0 saturated carbocycles. The first-order chi connectivity index (χ1) is 22.8. The zero-order valence-corrected chi connectivity index (χ0v) is 34.1. The van der Waals surface area contributed by atoms with E-state index in [0.29, 0.717) is 0 Å². The molecule has 278 valence electrons. The predicted molar refractivity (Wildman–Crippen MR) is 213 cm³/mol. The summed E-state index contributed by atoms with van der Waals surface area (Å²) >= 11 is 4.27. The second kappa shape index (κ2) is 43.5. The van der Waals surface area contributed by atoms with Crippen molar-refractivity contribution in [2.45, 2.75) is 238 Å². The third-order valence-corrected chi connectivity index (χ3v) is 11.2. The second-order valence-corrected chi connectivity index (χ2v) is 16.2. The number of thiol groups is 1. The number of unbranched alkanes of at least 4 members (excludes halogenated alkanes) is 28. The summed E-state index contributed by atoms with van der Waals surface area (Å²) in [4.78, 5) is 0. The maximum atomic E-state index is 6.30. The van der Waals surface area contributed by atoms with Gasteiger partial charge in [-0.25, -0.2) is 0 Å². The van der Waals surface area contributed by atoms with E-state index in [1.807, 2.05) is 0 Å². The van der Waals surface area contributed by atoms with Crippen molar-refractivity contribution in [3.05, 3.63) is 0 Å². The van der Waals surface area contributed by atoms with Crippen molar-refractivity contribution in [2.24, 2.45) is 0 Å². The van der Waals surface area contributed by atoms with Gasteiger partial charge in [0.05, 0.1) is 0 Å². The summed E-state index contributed by atoms with van der Waals surface area (Å²) in [7, 11) is -0.251. The minimum absolute atomic E-state index is 0.0258. The van der Waals surface area contributed by atoms with Crippen molar-refractivity contribution >= 4 is 22.4 Å². The van der Waals surface area contributed by atoms with Gasteiger partial charge in [0, 0.05) is 19.8 Å². The smallest absolute Gasteiger partial charge is 0.161 e. The lowest BCUT2D eigenvalue weighted by atomic mass is 10.1. The van der Waals surface area contributed by atoms with E-state index in [1.165, 1.54) is 212 Å². The summed E-state index contributed by atoms with van der Waals surface area (Å²) in [5.74, 6) is 1.01. The van der Waals surface area contributed by atoms with Crippen LogP contribution in [0.15, 0.2) is 0 Å². The van der Waals surface area contributed by atoms with Crippen LogP contribution < -0.4 is 0 Å². The highest BCUT2D eigenvalue weighted by atomic mass is 32.1. The van der Waals surface area contributed by atoms with Crippen LogP contribution in [0, 0.1) is 0 Å². The van der Waals surface area contributed by atoms with Gasteiger partial charge in [-0.1, -0.05) is 187 Å². The SMILES string of the molecule is CCCCCCCCCCCCOC(CCCCCCCCCCCCCO[SiH2]CCCS)OCCCCCCCCCCCC. The highest BCUT2D eigenvalue weighted by Crippen LogP contribution is 2.16. The first-order valence-electron chi connectivity index (χ1n) is 21.3. The van der Waals surface area contributed by atoms with E-state index in [0.717, 1.165) is 32.0 Å². The summed E-state index contributed by atoms with van der Waals surface area (Å²) < 4.78 is 18.4. The van der Waals surface area contributed by atoms with Gasteiger partial charge in [0.25, 0.3) is 0 Å². The van der Waals surface area contributed by atoms with Crippen LogP contribution in [0.5, 0.6) is 0 Å². The molecule has 0 aromatic rings. The Hall–Kier alpha value is 0.447. The topological polar surface area (TPSA) is 27.7 Å². The lowest BCUT2D eigenvalue weighted by molar-refractivity contribution is -0.148. The van der Waals surface area contributed by atoms with Gasteiger partial charge in [0.2, 0.25) is 0 Å². The molecule has 0 fully saturated rings. The molecule has 0 aromatic heterocycles. The van der Waals surface area contributed by atoms with Crippen LogP contribution in [0.3, 0.4) is 0 Å². The van der Waals surface area contributed by atoms with Crippen LogP contribution in [-0.2, 0) is 13.9 Å². The van der Waals surface area contributed by atoms with Crippen molar-refractivity contribution in [1.82, 2.24) is 0 Å². The number of hydrogen-bond donors (Lipinski definition) is 1. The van der Waals surface area contributed by atoms with Gasteiger partial charge >= 0.3 is 0 Å². The van der Waals surface area contributed by atoms with E-state index in [-0.39, 0.29) is 16.1 Å². The Morgan fingerprint density at radius 3 is 1.09 bits per heavy atom. The standard InChI is InChI=1S/C41H86O3SSi/c1-3-5-7-9-11-13-19-23-27-31-36-42-41(43-37-32-28-24-20-14-12-10-8-6-4-2)35-30-26-22-18-16-15-17-21-25-29-33-38-44-46-40-34-39-45/h41,45H,3-40,46H2,1-2H3. The molecule has 5 heteroatoms. The zero-order chi connectivity index (χ0) is 33.3. The van der Waals surface area contributed by atoms with Gasteiger partial charge in [0.15, 0.2) is 16.1 Å². The van der Waals surface area contributed by atoms with Crippen LogP contribution >= 0.6 is 12.6 Å². The van der Waals surface area contributed by atoms with Gasteiger partial charge in [-0.15, -0.1) is 0 Å². The zero-order valence-electron chi connectivity index (χ0n) is 31.8. The maximum absolute atomic E-state index is 6.30. The average molecular weight is 687 g/mol. The third kappa shape index (κ3) is 40.6. The highest BCUT2D eigenvalue weighted by Gasteiger charge is 2.09. The summed E-state index contributed by atoms with van der Waals surface area (Å²) in [5, 5.41) is 0. The average Bonchev–Trinajstić information content (AvgIpc) is 3.07. The van der Waals surface area contributed by atoms with Crippen LogP contribution in [0.4, 0.5) is 0 Å². The molecule has 0 N–H and O–H groups in total. The second-order valence-electron chi connectivity index (χ2n) is 14.3. The molecule has 0 aliphatic heterocycles. The van der Waals surface area contributed by atoms with E-state index >= 15 is 0 Å². The van der Waals surface area contributed by atoms with Crippen molar-refractivity contribution in [3.8, 4) is 0 Å². The number of ether oxygens (including phenoxy) is 2. The maximum Gasteiger partial charge on any atom is 0.161 e. The monoisotopic (exact) mass is 687 g/mol. The Morgan fingerprint density at radius 1 is 0.391 bits per heavy atom. The predicted octanol–water partition coefficient (Wildman–Crippen LogP) is 13.7. The molecule has 0 unspecified atom stereocenters. The minimum Gasteiger partial charge on any atom is -0.424 e. The van der Waals surface area contributed by atoms with Gasteiger partial charge in [-0.3, -0.25) is 0 Å². The Balaban J connectivity index is 3.86. The Morgan fingerprint density at radius 2 is 0.717 bits per heavy atom. The van der Waals surface area contributed by atoms with Crippen molar-refractivity contribution < 1.29 is 13.9 Å². The van der Waals surface area contributed by atoms with Crippen LogP contribution in [0.2, 0.25) is 6.04 Å². The lowest BCUT2D eigenvalue weighted by Gasteiger charge is -2.19. The first kappa shape index (κ1) is 46.4. The molecule has 0 radical (unpaired) electrons. The van der Waals surface area contributed by atoms with Gasteiger partial charge in [0.1, 0.15) is 0 Å². The van der Waals surface area contributed by atoms with Crippen molar-refractivity contribution in [1.29, 1.82) is 0 Å². The molecule has 46 heavy (non-hydrogen) atoms. The van der Waals surface area contributed by atoms with E-state index in [1.54, 1.807) is 0 Å². The van der Waals surface area contributed by atoms with Gasteiger partial charge < -0.3 is 13.9 Å². The molecule has 0 aliphatic rings. The molecule has 0 amide bonds. The molecule has 0 spiro atoms. The molecule has 0 aliphatic carbocycles. The van der Waals surface area contributed by atoms with Crippen LogP contribution in [-0.4, -0.2) is 41.6 Å². The largest absolute Gasteiger partial charge is 0.424 e. The van der Waals surface area contributed by atoms with E-state index < -0.39 is 0 Å². The molecule has 0 saturated heterocycles. The molecule has 0 rings (SSSR count). The Kier molecular flexibility index (Phi) is 43.9. The molecule has 0 heterocycles.